The molecule has 0 saturated carbocycles. The van der Waals surface area contributed by atoms with Crippen molar-refractivity contribution in [3.05, 3.63) is 16.6 Å². The molecule has 0 spiro atoms. The molecule has 1 aromatic heterocycles. The minimum Gasteiger partial charge on any atom is -0.250 e. The van der Waals surface area contributed by atoms with Crippen LogP contribution in [0.15, 0.2) is 10.9 Å². The lowest BCUT2D eigenvalue weighted by atomic mass is 10.6. The van der Waals surface area contributed by atoms with Crippen LogP contribution in [-0.4, -0.2) is 4.98 Å². The number of aryl methyl sites for hydroxylation is 1. The smallest absolute Gasteiger partial charge is 0.0794 e. The second kappa shape index (κ2) is 3.16. The minimum absolute atomic E-state index is 0. The van der Waals surface area contributed by atoms with E-state index in [2.05, 4.69) is 4.98 Å². The molecule has 0 aliphatic rings. The van der Waals surface area contributed by atoms with E-state index in [0.717, 1.165) is 5.69 Å². The van der Waals surface area contributed by atoms with Gasteiger partial charge in [0.25, 0.3) is 0 Å². The molecule has 7 heavy (non-hydrogen) atoms. The van der Waals surface area contributed by atoms with E-state index in [-0.39, 0.29) is 17.0 Å². The predicted molar refractivity (Wildman–Crippen MR) is 37.2 cm³/mol. The molecule has 0 N–H and O–H groups in total. The summed E-state index contributed by atoms with van der Waals surface area (Å²) < 4.78 is 0. The Morgan fingerprint density at radius 2 is 2.43 bits per heavy atom. The molecule has 0 bridgehead atoms. The summed E-state index contributed by atoms with van der Waals surface area (Å²) in [7, 11) is 0. The molecule has 0 atom stereocenters. The van der Waals surface area contributed by atoms with E-state index >= 15 is 0 Å². The van der Waals surface area contributed by atoms with Crippen molar-refractivity contribution in [3.63, 3.8) is 0 Å². The first-order valence-corrected chi connectivity index (χ1v) is 2.68. The van der Waals surface area contributed by atoms with Crippen LogP contribution in [0.3, 0.4) is 0 Å². The highest BCUT2D eigenvalue weighted by molar-refractivity contribution is 8.93. The number of hydrogen-bond donors (Lipinski definition) is 0. The van der Waals surface area contributed by atoms with Gasteiger partial charge < -0.3 is 0 Å². The molecule has 0 fully saturated rings. The zero-order valence-corrected chi connectivity index (χ0v) is 6.45. The summed E-state index contributed by atoms with van der Waals surface area (Å²) in [6.45, 7) is 1.98. The second-order valence-corrected chi connectivity index (χ2v) is 1.85. The maximum absolute atomic E-state index is 3.94. The number of thiazole rings is 1. The van der Waals surface area contributed by atoms with Gasteiger partial charge in [0, 0.05) is 11.1 Å². The van der Waals surface area contributed by atoms with Gasteiger partial charge in [-0.25, -0.2) is 0 Å². The molecule has 0 aromatic carbocycles. The van der Waals surface area contributed by atoms with E-state index < -0.39 is 0 Å². The molecule has 0 aliphatic carbocycles. The molecule has 0 saturated heterocycles. The Hall–Kier alpha value is 0.110. The summed E-state index contributed by atoms with van der Waals surface area (Å²) in [5.74, 6) is 0. The average Bonchev–Trinajstić information content (AvgIpc) is 1.86. The fourth-order valence-electron chi connectivity index (χ4n) is 0.273. The van der Waals surface area contributed by atoms with E-state index in [4.69, 9.17) is 0 Å². The fraction of sp³-hybridized carbons (Fsp3) is 0.250. The third kappa shape index (κ3) is 2.04. The van der Waals surface area contributed by atoms with Crippen LogP contribution in [0.2, 0.25) is 0 Å². The molecule has 1 aromatic rings. The summed E-state index contributed by atoms with van der Waals surface area (Å²) in [6, 6.07) is 0. The van der Waals surface area contributed by atoms with Gasteiger partial charge in [-0.3, -0.25) is 4.98 Å². The predicted octanol–water partition coefficient (Wildman–Crippen LogP) is 2.03. The summed E-state index contributed by atoms with van der Waals surface area (Å²) in [4.78, 5) is 3.94. The molecule has 40 valence electrons. The number of rotatable bonds is 0. The monoisotopic (exact) mass is 179 g/mol. The third-order valence-corrected chi connectivity index (χ3v) is 1.26. The molecular formula is C4H6BrNS. The molecule has 1 heterocycles. The lowest BCUT2D eigenvalue weighted by Crippen LogP contribution is -1.59. The van der Waals surface area contributed by atoms with Gasteiger partial charge in [-0.05, 0) is 6.92 Å². The van der Waals surface area contributed by atoms with Crippen LogP contribution in [-0.2, 0) is 0 Å². The van der Waals surface area contributed by atoms with E-state index in [0.29, 0.717) is 0 Å². The van der Waals surface area contributed by atoms with Crippen LogP contribution in [0.25, 0.3) is 0 Å². The second-order valence-electron chi connectivity index (χ2n) is 1.13. The summed E-state index contributed by atoms with van der Waals surface area (Å²) in [5.41, 5.74) is 2.94. The Labute approximate surface area is 57.2 Å². The molecule has 0 unspecified atom stereocenters. The minimum atomic E-state index is 0. The summed E-state index contributed by atoms with van der Waals surface area (Å²) in [5, 5.41) is 2.01. The van der Waals surface area contributed by atoms with Gasteiger partial charge in [0.15, 0.2) is 0 Å². The van der Waals surface area contributed by atoms with E-state index in [1.54, 1.807) is 11.3 Å². The SMILES string of the molecule is Br.Cc1cscn1. The molecule has 0 amide bonds. The van der Waals surface area contributed by atoms with Crippen LogP contribution < -0.4 is 0 Å². The lowest BCUT2D eigenvalue weighted by molar-refractivity contribution is 1.27. The first kappa shape index (κ1) is 7.11. The molecule has 1 nitrogen and oxygen atoms in total. The average molecular weight is 180 g/mol. The first-order chi connectivity index (χ1) is 2.89. The highest BCUT2D eigenvalue weighted by Gasteiger charge is 1.76. The first-order valence-electron chi connectivity index (χ1n) is 1.74. The molecule has 0 aliphatic heterocycles. The zero-order chi connectivity index (χ0) is 4.41. The van der Waals surface area contributed by atoms with Gasteiger partial charge in [0.1, 0.15) is 0 Å². The van der Waals surface area contributed by atoms with Crippen molar-refractivity contribution in [1.82, 2.24) is 4.98 Å². The Balaban J connectivity index is 0.000000360. The lowest BCUT2D eigenvalue weighted by Gasteiger charge is -1.64. The van der Waals surface area contributed by atoms with Gasteiger partial charge in [-0.15, -0.1) is 28.3 Å². The molecular weight excluding hydrogens is 174 g/mol. The van der Waals surface area contributed by atoms with Gasteiger partial charge in [-0.2, -0.15) is 0 Å². The zero-order valence-electron chi connectivity index (χ0n) is 3.92. The standard InChI is InChI=1S/C4H5NS.BrH/c1-4-2-6-3-5-4;/h2-3H,1H3;1H. The van der Waals surface area contributed by atoms with E-state index in [1.165, 1.54) is 0 Å². The van der Waals surface area contributed by atoms with E-state index in [1.807, 2.05) is 17.8 Å². The van der Waals surface area contributed by atoms with Gasteiger partial charge in [0.05, 0.1) is 5.51 Å². The number of aromatic nitrogens is 1. The van der Waals surface area contributed by atoms with Crippen LogP contribution >= 0.6 is 28.3 Å². The summed E-state index contributed by atoms with van der Waals surface area (Å²) >= 11 is 1.63. The summed E-state index contributed by atoms with van der Waals surface area (Å²) in [6.07, 6.45) is 0. The maximum Gasteiger partial charge on any atom is 0.0794 e. The van der Waals surface area contributed by atoms with Crippen LogP contribution in [0.5, 0.6) is 0 Å². The van der Waals surface area contributed by atoms with Crippen molar-refractivity contribution in [2.45, 2.75) is 6.92 Å². The third-order valence-electron chi connectivity index (χ3n) is 0.556. The van der Waals surface area contributed by atoms with Crippen LogP contribution in [0.4, 0.5) is 0 Å². The Morgan fingerprint density at radius 3 is 2.57 bits per heavy atom. The van der Waals surface area contributed by atoms with Crippen LogP contribution in [0.1, 0.15) is 5.69 Å². The Morgan fingerprint density at radius 1 is 1.71 bits per heavy atom. The topological polar surface area (TPSA) is 12.9 Å². The maximum atomic E-state index is 3.94. The van der Waals surface area contributed by atoms with Crippen molar-refractivity contribution in [3.8, 4) is 0 Å². The van der Waals surface area contributed by atoms with E-state index in [9.17, 15) is 0 Å². The van der Waals surface area contributed by atoms with Crippen molar-refractivity contribution >= 4 is 28.3 Å². The Kier molecular flexibility index (Phi) is 3.21. The number of nitrogens with zero attached hydrogens (tertiary/aromatic N) is 1. The van der Waals surface area contributed by atoms with Gasteiger partial charge >= 0.3 is 0 Å². The highest BCUT2D eigenvalue weighted by atomic mass is 79.9. The Bertz CT molecular complexity index is 115. The normalized spacial score (nSPS) is 7.57. The van der Waals surface area contributed by atoms with Crippen LogP contribution in [0, 0.1) is 6.92 Å². The van der Waals surface area contributed by atoms with Crippen molar-refractivity contribution in [2.24, 2.45) is 0 Å². The fourth-order valence-corrected chi connectivity index (χ4v) is 0.819. The van der Waals surface area contributed by atoms with Crippen molar-refractivity contribution < 1.29 is 0 Å². The molecule has 0 radical (unpaired) electrons. The van der Waals surface area contributed by atoms with Gasteiger partial charge in [-0.1, -0.05) is 0 Å². The number of halogens is 1. The van der Waals surface area contributed by atoms with Gasteiger partial charge in [0.2, 0.25) is 0 Å². The van der Waals surface area contributed by atoms with Crippen molar-refractivity contribution in [2.75, 3.05) is 0 Å². The quantitative estimate of drug-likeness (QED) is 0.595. The highest BCUT2D eigenvalue weighted by Crippen LogP contribution is 1.95. The number of hydrogen-bond acceptors (Lipinski definition) is 2. The largest absolute Gasteiger partial charge is 0.250 e. The van der Waals surface area contributed by atoms with Crippen molar-refractivity contribution in [1.29, 1.82) is 0 Å². The molecule has 3 heteroatoms. The molecule has 1 rings (SSSR count).